The molecule has 0 aliphatic carbocycles. The second-order valence-electron chi connectivity index (χ2n) is 6.43. The maximum absolute atomic E-state index is 13.0. The van der Waals surface area contributed by atoms with E-state index in [9.17, 15) is 4.79 Å². The van der Waals surface area contributed by atoms with Gasteiger partial charge in [-0.05, 0) is 30.7 Å². The van der Waals surface area contributed by atoms with Gasteiger partial charge >= 0.3 is 5.69 Å². The largest absolute Gasteiger partial charge is 0.368 e. The van der Waals surface area contributed by atoms with Crippen molar-refractivity contribution < 1.29 is 0 Å². The summed E-state index contributed by atoms with van der Waals surface area (Å²) >= 11 is 0. The van der Waals surface area contributed by atoms with Gasteiger partial charge in [0, 0.05) is 12.2 Å². The molecule has 8 heteroatoms. The number of anilines is 3. The highest BCUT2D eigenvalue weighted by molar-refractivity contribution is 5.76. The van der Waals surface area contributed by atoms with Gasteiger partial charge in [-0.15, -0.1) is 0 Å². The number of fused-ring (bicyclic) bond motifs is 1. The second-order valence-corrected chi connectivity index (χ2v) is 6.43. The minimum Gasteiger partial charge on any atom is -0.368 e. The molecule has 2 aromatic heterocycles. The van der Waals surface area contributed by atoms with Crippen LogP contribution in [0, 0.1) is 0 Å². The van der Waals surface area contributed by atoms with E-state index < -0.39 is 0 Å². The number of nitrogen functional groups attached to an aromatic ring is 1. The molecule has 0 radical (unpaired) electrons. The Morgan fingerprint density at radius 3 is 2.32 bits per heavy atom. The highest BCUT2D eigenvalue weighted by Gasteiger charge is 2.14. The summed E-state index contributed by atoms with van der Waals surface area (Å²) in [5.41, 5.74) is 8.38. The summed E-state index contributed by atoms with van der Waals surface area (Å²) in [6.45, 7) is 2.92. The molecule has 0 saturated carbocycles. The van der Waals surface area contributed by atoms with Crippen LogP contribution in [0.5, 0.6) is 0 Å². The maximum Gasteiger partial charge on any atom is 0.329 e. The van der Waals surface area contributed by atoms with Crippen molar-refractivity contribution in [3.05, 3.63) is 70.9 Å². The van der Waals surface area contributed by atoms with E-state index in [1.165, 1.54) is 0 Å². The molecule has 0 atom stereocenters. The number of nitrogens with two attached hydrogens (primary N) is 1. The quantitative estimate of drug-likeness (QED) is 0.537. The number of hydrogen-bond donors (Lipinski definition) is 2. The van der Waals surface area contributed by atoms with E-state index in [0.29, 0.717) is 18.3 Å². The topological polar surface area (TPSA) is 104 Å². The predicted octanol–water partition coefficient (Wildman–Crippen LogP) is 2.77. The van der Waals surface area contributed by atoms with E-state index in [1.807, 2.05) is 61.5 Å². The third kappa shape index (κ3) is 3.44. The first kappa shape index (κ1) is 17.7. The van der Waals surface area contributed by atoms with Crippen molar-refractivity contribution in [2.24, 2.45) is 0 Å². The molecule has 0 aliphatic heterocycles. The van der Waals surface area contributed by atoms with Crippen molar-refractivity contribution in [1.29, 1.82) is 0 Å². The molecule has 0 saturated heterocycles. The third-order valence-electron chi connectivity index (χ3n) is 4.40. The Kier molecular flexibility index (Phi) is 4.76. The van der Waals surface area contributed by atoms with E-state index in [1.54, 1.807) is 9.13 Å². The van der Waals surface area contributed by atoms with Crippen molar-refractivity contribution in [1.82, 2.24) is 24.1 Å². The fourth-order valence-electron chi connectivity index (χ4n) is 3.22. The highest BCUT2D eigenvalue weighted by atomic mass is 16.1. The number of nitrogens with zero attached hydrogens (tertiary/aromatic N) is 5. The first-order chi connectivity index (χ1) is 13.7. The van der Waals surface area contributed by atoms with E-state index in [-0.39, 0.29) is 18.2 Å². The minimum atomic E-state index is -0.0837. The fraction of sp³-hybridized carbons (Fsp3) is 0.200. The van der Waals surface area contributed by atoms with Crippen molar-refractivity contribution in [3.8, 4) is 0 Å². The molecule has 2 heterocycles. The molecule has 0 unspecified atom stereocenters. The fourth-order valence-corrected chi connectivity index (χ4v) is 3.22. The molecule has 0 fully saturated rings. The number of hydrogen-bond acceptors (Lipinski definition) is 6. The Morgan fingerprint density at radius 2 is 1.61 bits per heavy atom. The van der Waals surface area contributed by atoms with E-state index in [2.05, 4.69) is 20.3 Å². The Hall–Kier alpha value is -3.68. The molecule has 28 heavy (non-hydrogen) atoms. The lowest BCUT2D eigenvalue weighted by Gasteiger charge is -2.08. The van der Waals surface area contributed by atoms with Crippen LogP contribution in [0.3, 0.4) is 0 Å². The van der Waals surface area contributed by atoms with E-state index in [0.717, 1.165) is 23.1 Å². The Bertz CT molecular complexity index is 1160. The number of imidazole rings is 1. The van der Waals surface area contributed by atoms with Crippen LogP contribution in [-0.2, 0) is 13.1 Å². The van der Waals surface area contributed by atoms with Gasteiger partial charge in [0.25, 0.3) is 0 Å². The summed E-state index contributed by atoms with van der Waals surface area (Å²) in [5, 5.41) is 3.11. The van der Waals surface area contributed by atoms with Gasteiger partial charge in [-0.1, -0.05) is 37.3 Å². The van der Waals surface area contributed by atoms with Crippen LogP contribution >= 0.6 is 0 Å². The number of nitrogens with one attached hydrogen (secondary N) is 1. The zero-order valence-electron chi connectivity index (χ0n) is 15.5. The highest BCUT2D eigenvalue weighted by Crippen LogP contribution is 2.16. The van der Waals surface area contributed by atoms with Crippen LogP contribution in [-0.4, -0.2) is 24.1 Å². The van der Waals surface area contributed by atoms with Gasteiger partial charge < -0.3 is 11.1 Å². The smallest absolute Gasteiger partial charge is 0.329 e. The van der Waals surface area contributed by atoms with Gasteiger partial charge in [0.05, 0.1) is 17.6 Å². The molecule has 0 amide bonds. The van der Waals surface area contributed by atoms with E-state index in [4.69, 9.17) is 5.73 Å². The summed E-state index contributed by atoms with van der Waals surface area (Å²) in [6.07, 6.45) is 0.873. The number of aromatic nitrogens is 5. The first-order valence-electron chi connectivity index (χ1n) is 9.16. The van der Waals surface area contributed by atoms with Crippen LogP contribution in [0.2, 0.25) is 0 Å². The van der Waals surface area contributed by atoms with Gasteiger partial charge in [-0.3, -0.25) is 9.13 Å². The molecule has 0 bridgehead atoms. The predicted molar refractivity (Wildman–Crippen MR) is 110 cm³/mol. The van der Waals surface area contributed by atoms with Gasteiger partial charge in [-0.25, -0.2) is 4.79 Å². The summed E-state index contributed by atoms with van der Waals surface area (Å²) in [4.78, 5) is 25.8. The second kappa shape index (κ2) is 7.51. The van der Waals surface area contributed by atoms with Gasteiger partial charge in [0.2, 0.25) is 11.9 Å². The minimum absolute atomic E-state index is 0.0837. The van der Waals surface area contributed by atoms with Gasteiger partial charge in [-0.2, -0.15) is 15.0 Å². The number of rotatable bonds is 6. The third-order valence-corrected chi connectivity index (χ3v) is 4.40. The van der Waals surface area contributed by atoms with Crippen molar-refractivity contribution in [2.75, 3.05) is 11.1 Å². The molecule has 8 nitrogen and oxygen atoms in total. The zero-order valence-corrected chi connectivity index (χ0v) is 15.5. The SMILES string of the molecule is CCCn1c(=O)n(Cc2nc(N)nc(Nc3ccccc3)n2)c2ccccc21. The molecular formula is C20H21N7O. The molecule has 142 valence electrons. The lowest BCUT2D eigenvalue weighted by atomic mass is 10.3. The van der Waals surface area contributed by atoms with Crippen LogP contribution < -0.4 is 16.7 Å². The van der Waals surface area contributed by atoms with Crippen LogP contribution in [0.15, 0.2) is 59.4 Å². The maximum atomic E-state index is 13.0. The molecule has 4 rings (SSSR count). The van der Waals surface area contributed by atoms with Crippen LogP contribution in [0.25, 0.3) is 11.0 Å². The van der Waals surface area contributed by atoms with Crippen LogP contribution in [0.4, 0.5) is 17.6 Å². The Labute approximate surface area is 161 Å². The Morgan fingerprint density at radius 1 is 0.929 bits per heavy atom. The number of aryl methyl sites for hydroxylation is 1. The molecule has 3 N–H and O–H groups in total. The summed E-state index contributed by atoms with van der Waals surface area (Å²) in [6, 6.07) is 17.3. The molecular weight excluding hydrogens is 354 g/mol. The lowest BCUT2D eigenvalue weighted by molar-refractivity contribution is 0.629. The summed E-state index contributed by atoms with van der Waals surface area (Å²) < 4.78 is 3.45. The normalized spacial score (nSPS) is 11.0. The number of benzene rings is 2. The summed E-state index contributed by atoms with van der Waals surface area (Å²) in [5.74, 6) is 0.875. The monoisotopic (exact) mass is 375 g/mol. The Balaban J connectivity index is 1.72. The van der Waals surface area contributed by atoms with Crippen molar-refractivity contribution in [3.63, 3.8) is 0 Å². The lowest BCUT2D eigenvalue weighted by Crippen LogP contribution is -2.25. The number of para-hydroxylation sites is 3. The summed E-state index contributed by atoms with van der Waals surface area (Å²) in [7, 11) is 0. The zero-order chi connectivity index (χ0) is 19.5. The average Bonchev–Trinajstić information content (AvgIpc) is 2.95. The molecule has 0 aliphatic rings. The molecule has 4 aromatic rings. The standard InChI is InChI=1S/C20H21N7O/c1-2-12-26-15-10-6-7-11-16(15)27(20(26)28)13-17-23-18(21)25-19(24-17)22-14-8-4-3-5-9-14/h3-11H,2,12-13H2,1H3,(H3,21,22,23,24,25). The molecule has 0 spiro atoms. The average molecular weight is 375 g/mol. The van der Waals surface area contributed by atoms with Crippen molar-refractivity contribution in [2.45, 2.75) is 26.4 Å². The van der Waals surface area contributed by atoms with Crippen molar-refractivity contribution >= 4 is 28.6 Å². The van der Waals surface area contributed by atoms with Crippen LogP contribution in [0.1, 0.15) is 19.2 Å². The molecule has 2 aromatic carbocycles. The van der Waals surface area contributed by atoms with Gasteiger partial charge in [0.1, 0.15) is 0 Å². The van der Waals surface area contributed by atoms with Gasteiger partial charge in [0.15, 0.2) is 5.82 Å². The van der Waals surface area contributed by atoms with E-state index >= 15 is 0 Å². The first-order valence-corrected chi connectivity index (χ1v) is 9.16.